The SMILES string of the molecule is Cc1cccc(C(=O)C(C(=O)O)n2cccc2)c1. The topological polar surface area (TPSA) is 59.3 Å². The van der Waals surface area contributed by atoms with Crippen LogP contribution in [0.25, 0.3) is 0 Å². The van der Waals surface area contributed by atoms with E-state index in [-0.39, 0.29) is 0 Å². The highest BCUT2D eigenvalue weighted by molar-refractivity contribution is 6.10. The summed E-state index contributed by atoms with van der Waals surface area (Å²) in [6.45, 7) is 1.86. The first-order valence-corrected chi connectivity index (χ1v) is 5.56. The zero-order chi connectivity index (χ0) is 13.1. The molecule has 1 atom stereocenters. The molecule has 92 valence electrons. The van der Waals surface area contributed by atoms with Gasteiger partial charge in [0.15, 0.2) is 11.8 Å². The number of carbonyl (C=O) groups excluding carboxylic acids is 1. The lowest BCUT2D eigenvalue weighted by molar-refractivity contribution is -0.139. The second-order valence-corrected chi connectivity index (χ2v) is 4.10. The standard InChI is InChI=1S/C14H13NO3/c1-10-5-4-6-11(9-10)13(16)12(14(17)18)15-7-2-3-8-15/h2-9,12H,1H3,(H,17,18). The maximum absolute atomic E-state index is 12.2. The number of hydrogen-bond donors (Lipinski definition) is 1. The quantitative estimate of drug-likeness (QED) is 0.662. The van der Waals surface area contributed by atoms with Crippen LogP contribution in [0, 0.1) is 6.92 Å². The highest BCUT2D eigenvalue weighted by Crippen LogP contribution is 2.16. The smallest absolute Gasteiger partial charge is 0.334 e. The molecule has 4 heteroatoms. The molecule has 4 nitrogen and oxygen atoms in total. The van der Waals surface area contributed by atoms with Gasteiger partial charge in [0.05, 0.1) is 0 Å². The summed E-state index contributed by atoms with van der Waals surface area (Å²) < 4.78 is 1.40. The number of carbonyl (C=O) groups is 2. The summed E-state index contributed by atoms with van der Waals surface area (Å²) >= 11 is 0. The van der Waals surface area contributed by atoms with E-state index in [1.165, 1.54) is 4.57 Å². The molecular weight excluding hydrogens is 230 g/mol. The molecule has 1 unspecified atom stereocenters. The van der Waals surface area contributed by atoms with E-state index in [0.717, 1.165) is 5.56 Å². The van der Waals surface area contributed by atoms with Gasteiger partial charge in [-0.25, -0.2) is 4.79 Å². The van der Waals surface area contributed by atoms with Crippen molar-refractivity contribution >= 4 is 11.8 Å². The van der Waals surface area contributed by atoms with Gasteiger partial charge in [0.1, 0.15) is 0 Å². The Morgan fingerprint density at radius 1 is 1.17 bits per heavy atom. The molecule has 0 aliphatic rings. The van der Waals surface area contributed by atoms with E-state index in [4.69, 9.17) is 0 Å². The Hall–Kier alpha value is -2.36. The van der Waals surface area contributed by atoms with Crippen molar-refractivity contribution in [3.63, 3.8) is 0 Å². The van der Waals surface area contributed by atoms with E-state index in [1.54, 1.807) is 42.7 Å². The third-order valence-electron chi connectivity index (χ3n) is 2.71. The van der Waals surface area contributed by atoms with Crippen LogP contribution in [0.5, 0.6) is 0 Å². The van der Waals surface area contributed by atoms with E-state index < -0.39 is 17.8 Å². The minimum atomic E-state index is -1.21. The van der Waals surface area contributed by atoms with Crippen LogP contribution in [-0.4, -0.2) is 21.4 Å². The van der Waals surface area contributed by atoms with Crippen molar-refractivity contribution in [2.45, 2.75) is 13.0 Å². The molecule has 0 bridgehead atoms. The monoisotopic (exact) mass is 243 g/mol. The summed E-state index contributed by atoms with van der Waals surface area (Å²) in [5, 5.41) is 9.20. The van der Waals surface area contributed by atoms with Crippen molar-refractivity contribution in [1.82, 2.24) is 4.57 Å². The third-order valence-corrected chi connectivity index (χ3v) is 2.71. The summed E-state index contributed by atoms with van der Waals surface area (Å²) in [7, 11) is 0. The number of nitrogens with zero attached hydrogens (tertiary/aromatic N) is 1. The second-order valence-electron chi connectivity index (χ2n) is 4.10. The van der Waals surface area contributed by atoms with Crippen molar-refractivity contribution in [3.05, 3.63) is 59.9 Å². The van der Waals surface area contributed by atoms with Crippen LogP contribution in [-0.2, 0) is 4.79 Å². The van der Waals surface area contributed by atoms with Gasteiger partial charge in [-0.2, -0.15) is 0 Å². The molecule has 2 aromatic rings. The highest BCUT2D eigenvalue weighted by atomic mass is 16.4. The summed E-state index contributed by atoms with van der Waals surface area (Å²) in [5.74, 6) is -1.57. The molecule has 1 N–H and O–H groups in total. The summed E-state index contributed by atoms with van der Waals surface area (Å²) in [6.07, 6.45) is 3.15. The molecule has 0 fully saturated rings. The second kappa shape index (κ2) is 4.87. The molecule has 0 amide bonds. The lowest BCUT2D eigenvalue weighted by Gasteiger charge is -2.13. The molecule has 18 heavy (non-hydrogen) atoms. The van der Waals surface area contributed by atoms with Gasteiger partial charge in [-0.05, 0) is 25.1 Å². The Balaban J connectivity index is 2.39. The number of ketones is 1. The molecule has 0 saturated carbocycles. The predicted molar refractivity (Wildman–Crippen MR) is 66.6 cm³/mol. The maximum Gasteiger partial charge on any atom is 0.334 e. The van der Waals surface area contributed by atoms with Crippen LogP contribution < -0.4 is 0 Å². The van der Waals surface area contributed by atoms with Gasteiger partial charge in [-0.15, -0.1) is 0 Å². The van der Waals surface area contributed by atoms with Crippen molar-refractivity contribution in [3.8, 4) is 0 Å². The Kier molecular flexibility index (Phi) is 3.28. The molecule has 0 radical (unpaired) electrons. The van der Waals surface area contributed by atoms with Gasteiger partial charge < -0.3 is 9.67 Å². The normalized spacial score (nSPS) is 12.1. The fourth-order valence-electron chi connectivity index (χ4n) is 1.85. The van der Waals surface area contributed by atoms with Crippen LogP contribution >= 0.6 is 0 Å². The number of carboxylic acid groups (broad SMARTS) is 1. The minimum Gasteiger partial charge on any atom is -0.479 e. The number of aryl methyl sites for hydroxylation is 1. The van der Waals surface area contributed by atoms with Gasteiger partial charge in [0, 0.05) is 18.0 Å². The average Bonchev–Trinajstić information content (AvgIpc) is 2.82. The van der Waals surface area contributed by atoms with Crippen molar-refractivity contribution < 1.29 is 14.7 Å². The largest absolute Gasteiger partial charge is 0.479 e. The molecular formula is C14H13NO3. The van der Waals surface area contributed by atoms with Crippen molar-refractivity contribution in [2.24, 2.45) is 0 Å². The first-order chi connectivity index (χ1) is 8.59. The van der Waals surface area contributed by atoms with Crippen LogP contribution in [0.4, 0.5) is 0 Å². The molecule has 1 aromatic carbocycles. The molecule has 0 aliphatic carbocycles. The van der Waals surface area contributed by atoms with Gasteiger partial charge in [0.25, 0.3) is 0 Å². The van der Waals surface area contributed by atoms with Gasteiger partial charge in [-0.3, -0.25) is 4.79 Å². The molecule has 1 heterocycles. The number of rotatable bonds is 4. The fourth-order valence-corrected chi connectivity index (χ4v) is 1.85. The van der Waals surface area contributed by atoms with E-state index in [0.29, 0.717) is 5.56 Å². The predicted octanol–water partition coefficient (Wildman–Crippen LogP) is 2.31. The van der Waals surface area contributed by atoms with Gasteiger partial charge >= 0.3 is 5.97 Å². The summed E-state index contributed by atoms with van der Waals surface area (Å²) in [4.78, 5) is 23.5. The molecule has 0 aliphatic heterocycles. The van der Waals surface area contributed by atoms with E-state index >= 15 is 0 Å². The number of hydrogen-bond acceptors (Lipinski definition) is 2. The Bertz CT molecular complexity index is 572. The number of aliphatic carboxylic acids is 1. The zero-order valence-corrected chi connectivity index (χ0v) is 9.91. The molecule has 2 rings (SSSR count). The maximum atomic E-state index is 12.2. The molecule has 0 saturated heterocycles. The van der Waals surface area contributed by atoms with Crippen LogP contribution in [0.3, 0.4) is 0 Å². The van der Waals surface area contributed by atoms with Crippen LogP contribution in [0.1, 0.15) is 22.0 Å². The van der Waals surface area contributed by atoms with Crippen LogP contribution in [0.15, 0.2) is 48.8 Å². The van der Waals surface area contributed by atoms with Crippen molar-refractivity contribution in [2.75, 3.05) is 0 Å². The highest BCUT2D eigenvalue weighted by Gasteiger charge is 2.28. The van der Waals surface area contributed by atoms with E-state index in [9.17, 15) is 14.7 Å². The molecule has 1 aromatic heterocycles. The fraction of sp³-hybridized carbons (Fsp3) is 0.143. The Morgan fingerprint density at radius 3 is 2.39 bits per heavy atom. The zero-order valence-electron chi connectivity index (χ0n) is 9.91. The third kappa shape index (κ3) is 2.32. The number of Topliss-reactive ketones (excluding diaryl/α,β-unsaturated/α-hetero) is 1. The van der Waals surface area contributed by atoms with Crippen LogP contribution in [0.2, 0.25) is 0 Å². The Morgan fingerprint density at radius 2 is 1.83 bits per heavy atom. The number of carboxylic acids is 1. The number of benzene rings is 1. The molecule has 0 spiro atoms. The minimum absolute atomic E-state index is 0.413. The van der Waals surface area contributed by atoms with Crippen molar-refractivity contribution in [1.29, 1.82) is 0 Å². The van der Waals surface area contributed by atoms with E-state index in [2.05, 4.69) is 0 Å². The first kappa shape index (κ1) is 12.1. The summed E-state index contributed by atoms with van der Waals surface area (Å²) in [5.41, 5.74) is 1.34. The number of aromatic nitrogens is 1. The van der Waals surface area contributed by atoms with Gasteiger partial charge in [0.2, 0.25) is 0 Å². The van der Waals surface area contributed by atoms with Gasteiger partial charge in [-0.1, -0.05) is 23.8 Å². The lowest BCUT2D eigenvalue weighted by atomic mass is 10.0. The lowest BCUT2D eigenvalue weighted by Crippen LogP contribution is -2.26. The Labute approximate surface area is 104 Å². The average molecular weight is 243 g/mol. The first-order valence-electron chi connectivity index (χ1n) is 5.56. The van der Waals surface area contributed by atoms with E-state index in [1.807, 2.05) is 13.0 Å². The summed E-state index contributed by atoms with van der Waals surface area (Å²) in [6, 6.07) is 9.12.